The van der Waals surface area contributed by atoms with Crippen LogP contribution in [0, 0.1) is 0 Å². The highest BCUT2D eigenvalue weighted by molar-refractivity contribution is 7.91. The molecule has 1 atom stereocenters. The number of sulfone groups is 1. The van der Waals surface area contributed by atoms with Gasteiger partial charge in [-0.15, -0.1) is 0 Å². The van der Waals surface area contributed by atoms with E-state index in [0.717, 1.165) is 37.0 Å². The molecule has 1 fully saturated rings. The number of benzene rings is 3. The first-order valence-corrected chi connectivity index (χ1v) is 11.2. The van der Waals surface area contributed by atoms with E-state index >= 15 is 0 Å². The van der Waals surface area contributed by atoms with E-state index in [1.807, 2.05) is 48.5 Å². The lowest BCUT2D eigenvalue weighted by Crippen LogP contribution is -2.26. The van der Waals surface area contributed by atoms with Crippen LogP contribution in [-0.4, -0.2) is 42.6 Å². The van der Waals surface area contributed by atoms with E-state index in [-0.39, 0.29) is 16.0 Å². The zero-order valence-corrected chi connectivity index (χ0v) is 16.7. The number of hydrogen-bond donors (Lipinski definition) is 2. The smallest absolute Gasteiger partial charge is 0.224 e. The summed E-state index contributed by atoms with van der Waals surface area (Å²) in [4.78, 5) is 2.59. The van der Waals surface area contributed by atoms with E-state index in [1.54, 1.807) is 12.1 Å². The van der Waals surface area contributed by atoms with Crippen LogP contribution in [0.3, 0.4) is 0 Å². The van der Waals surface area contributed by atoms with Gasteiger partial charge in [0.05, 0.1) is 10.4 Å². The van der Waals surface area contributed by atoms with Gasteiger partial charge in [0.15, 0.2) is 5.03 Å². The molecule has 0 amide bonds. The maximum absolute atomic E-state index is 13.5. The second-order valence-corrected chi connectivity index (χ2v) is 9.52. The summed E-state index contributed by atoms with van der Waals surface area (Å²) in [6.07, 6.45) is 0.995. The molecule has 1 aliphatic heterocycles. The molecular weight excluding hydrogens is 384 g/mol. The molecule has 5 rings (SSSR count). The molecule has 0 spiro atoms. The number of nitrogens with zero attached hydrogens (tertiary/aromatic N) is 2. The van der Waals surface area contributed by atoms with Gasteiger partial charge in [-0.2, -0.15) is 5.10 Å². The molecule has 3 aromatic carbocycles. The summed E-state index contributed by atoms with van der Waals surface area (Å²) in [5.41, 5.74) is 7.71. The first-order chi connectivity index (χ1) is 14.0. The monoisotopic (exact) mass is 406 g/mol. The summed E-state index contributed by atoms with van der Waals surface area (Å²) in [5, 5.41) is 9.38. The van der Waals surface area contributed by atoms with Gasteiger partial charge in [-0.3, -0.25) is 10.00 Å². The average Bonchev–Trinajstić information content (AvgIpc) is 3.33. The van der Waals surface area contributed by atoms with E-state index in [1.165, 1.54) is 0 Å². The van der Waals surface area contributed by atoms with Crippen LogP contribution in [0.4, 0.5) is 0 Å². The Labute approximate surface area is 169 Å². The van der Waals surface area contributed by atoms with Crippen molar-refractivity contribution in [2.75, 3.05) is 13.1 Å². The maximum Gasteiger partial charge on any atom is 0.224 e. The minimum Gasteiger partial charge on any atom is -0.326 e. The van der Waals surface area contributed by atoms with Gasteiger partial charge < -0.3 is 5.73 Å². The first-order valence-electron chi connectivity index (χ1n) is 9.70. The van der Waals surface area contributed by atoms with Gasteiger partial charge in [-0.1, -0.05) is 42.5 Å². The summed E-state index contributed by atoms with van der Waals surface area (Å²) in [5.74, 6) is 0. The van der Waals surface area contributed by atoms with Crippen molar-refractivity contribution in [2.24, 2.45) is 5.73 Å². The molecule has 6 nitrogen and oxygen atoms in total. The molecule has 1 aromatic heterocycles. The largest absolute Gasteiger partial charge is 0.326 e. The molecule has 3 N–H and O–H groups in total. The molecule has 7 heteroatoms. The van der Waals surface area contributed by atoms with E-state index < -0.39 is 9.84 Å². The number of likely N-dealkylation sites (tertiary alicyclic amines) is 1. The van der Waals surface area contributed by atoms with Crippen molar-refractivity contribution in [3.8, 4) is 0 Å². The van der Waals surface area contributed by atoms with Crippen molar-refractivity contribution in [2.45, 2.75) is 28.9 Å². The van der Waals surface area contributed by atoms with Crippen LogP contribution in [-0.2, 0) is 16.4 Å². The summed E-state index contributed by atoms with van der Waals surface area (Å²) in [6, 6.07) is 18.9. The fourth-order valence-electron chi connectivity index (χ4n) is 4.14. The predicted octanol–water partition coefficient (Wildman–Crippen LogP) is 3.08. The van der Waals surface area contributed by atoms with Gasteiger partial charge in [-0.05, 0) is 35.6 Å². The highest BCUT2D eigenvalue weighted by atomic mass is 32.2. The van der Waals surface area contributed by atoms with Crippen LogP contribution in [0.15, 0.2) is 70.6 Å². The molecule has 29 heavy (non-hydrogen) atoms. The summed E-state index contributed by atoms with van der Waals surface area (Å²) in [6.45, 7) is 2.58. The fourth-order valence-corrected chi connectivity index (χ4v) is 5.71. The van der Waals surface area contributed by atoms with Crippen LogP contribution in [0.1, 0.15) is 12.0 Å². The Balaban J connectivity index is 1.59. The van der Waals surface area contributed by atoms with Crippen LogP contribution in [0.5, 0.6) is 0 Å². The summed E-state index contributed by atoms with van der Waals surface area (Å²) < 4.78 is 27.0. The lowest BCUT2D eigenvalue weighted by Gasteiger charge is -2.15. The van der Waals surface area contributed by atoms with Crippen LogP contribution < -0.4 is 5.73 Å². The van der Waals surface area contributed by atoms with Gasteiger partial charge in [0, 0.05) is 36.4 Å². The van der Waals surface area contributed by atoms with Gasteiger partial charge in [0.2, 0.25) is 9.84 Å². The SMILES string of the molecule is N[C@@H]1CCN(Cc2ccc3n[nH]c(S(=O)(=O)c4cccc5ccccc45)c3c2)C1. The Bertz CT molecular complexity index is 1310. The van der Waals surface area contributed by atoms with Crippen molar-refractivity contribution in [1.82, 2.24) is 15.1 Å². The van der Waals surface area contributed by atoms with Crippen molar-refractivity contribution in [1.29, 1.82) is 0 Å². The van der Waals surface area contributed by atoms with Crippen molar-refractivity contribution in [3.63, 3.8) is 0 Å². The molecule has 1 saturated heterocycles. The topological polar surface area (TPSA) is 92.1 Å². The Kier molecular flexibility index (Phi) is 4.38. The molecule has 0 aliphatic carbocycles. The van der Waals surface area contributed by atoms with Gasteiger partial charge in [-0.25, -0.2) is 8.42 Å². The number of fused-ring (bicyclic) bond motifs is 2. The molecular formula is C22H22N4O2S. The number of aromatic amines is 1. The normalized spacial score (nSPS) is 18.0. The van der Waals surface area contributed by atoms with E-state index in [2.05, 4.69) is 15.1 Å². The van der Waals surface area contributed by atoms with Crippen molar-refractivity contribution < 1.29 is 8.42 Å². The zero-order valence-electron chi connectivity index (χ0n) is 15.9. The molecule has 4 aromatic rings. The zero-order chi connectivity index (χ0) is 20.0. The van der Waals surface area contributed by atoms with E-state index in [0.29, 0.717) is 16.3 Å². The average molecular weight is 407 g/mol. The van der Waals surface area contributed by atoms with Gasteiger partial charge in [0.25, 0.3) is 0 Å². The van der Waals surface area contributed by atoms with Crippen molar-refractivity contribution in [3.05, 3.63) is 66.2 Å². The molecule has 0 unspecified atom stereocenters. The van der Waals surface area contributed by atoms with Crippen LogP contribution >= 0.6 is 0 Å². The number of nitrogens with two attached hydrogens (primary N) is 1. The lowest BCUT2D eigenvalue weighted by molar-refractivity contribution is 0.327. The lowest BCUT2D eigenvalue weighted by atomic mass is 10.1. The molecule has 1 aliphatic rings. The Morgan fingerprint density at radius 2 is 1.90 bits per heavy atom. The van der Waals surface area contributed by atoms with E-state index in [4.69, 9.17) is 5.73 Å². The van der Waals surface area contributed by atoms with Crippen LogP contribution in [0.2, 0.25) is 0 Å². The van der Waals surface area contributed by atoms with Gasteiger partial charge in [0.1, 0.15) is 0 Å². The Hall–Kier alpha value is -2.74. The number of H-pyrrole nitrogens is 1. The second-order valence-electron chi connectivity index (χ2n) is 7.67. The second kappa shape index (κ2) is 6.95. The molecule has 148 valence electrons. The third kappa shape index (κ3) is 3.21. The van der Waals surface area contributed by atoms with Crippen LogP contribution in [0.25, 0.3) is 21.7 Å². The number of nitrogens with one attached hydrogen (secondary N) is 1. The molecule has 0 radical (unpaired) electrons. The predicted molar refractivity (Wildman–Crippen MR) is 113 cm³/mol. The Morgan fingerprint density at radius 1 is 1.07 bits per heavy atom. The minimum absolute atomic E-state index is 0.142. The quantitative estimate of drug-likeness (QED) is 0.543. The molecule has 0 saturated carbocycles. The first kappa shape index (κ1) is 18.3. The van der Waals surface area contributed by atoms with Gasteiger partial charge >= 0.3 is 0 Å². The number of aromatic nitrogens is 2. The Morgan fingerprint density at radius 3 is 2.72 bits per heavy atom. The third-order valence-corrected chi connectivity index (χ3v) is 7.39. The fraction of sp³-hybridized carbons (Fsp3) is 0.227. The minimum atomic E-state index is -3.75. The van der Waals surface area contributed by atoms with E-state index in [9.17, 15) is 8.42 Å². The summed E-state index contributed by atoms with van der Waals surface area (Å²) in [7, 11) is -3.75. The number of rotatable bonds is 4. The molecule has 2 heterocycles. The number of hydrogen-bond acceptors (Lipinski definition) is 5. The summed E-state index contributed by atoms with van der Waals surface area (Å²) >= 11 is 0. The third-order valence-electron chi connectivity index (χ3n) is 5.61. The maximum atomic E-state index is 13.5. The highest BCUT2D eigenvalue weighted by Crippen LogP contribution is 2.31. The highest BCUT2D eigenvalue weighted by Gasteiger charge is 2.25. The molecule has 0 bridgehead atoms. The van der Waals surface area contributed by atoms with Crippen molar-refractivity contribution >= 4 is 31.5 Å². The standard InChI is InChI=1S/C22H22N4O2S/c23-17-10-11-26(14-17)13-15-8-9-20-19(12-15)22(25-24-20)29(27,28)21-7-3-5-16-4-1-2-6-18(16)21/h1-9,12,17H,10-11,13-14,23H2,(H,24,25)/t17-/m1/s1.